The van der Waals surface area contributed by atoms with Gasteiger partial charge < -0.3 is 14.9 Å². The molecule has 1 aliphatic carbocycles. The van der Waals surface area contributed by atoms with Gasteiger partial charge in [-0.1, -0.05) is 22.5 Å². The fourth-order valence-corrected chi connectivity index (χ4v) is 6.71. The van der Waals surface area contributed by atoms with E-state index in [1.807, 2.05) is 0 Å². The Kier molecular flexibility index (Phi) is 8.01. The van der Waals surface area contributed by atoms with E-state index in [1.54, 1.807) is 13.3 Å². The second-order valence-electron chi connectivity index (χ2n) is 10.3. The molecule has 1 aromatic carbocycles. The van der Waals surface area contributed by atoms with Crippen LogP contribution in [0.25, 0.3) is 0 Å². The molecule has 2 fully saturated rings. The van der Waals surface area contributed by atoms with Crippen molar-refractivity contribution in [2.45, 2.75) is 75.0 Å². The molecular weight excluding hydrogens is 535 g/mol. The predicted octanol–water partition coefficient (Wildman–Crippen LogP) is 4.60. The van der Waals surface area contributed by atoms with E-state index < -0.39 is 23.4 Å². The van der Waals surface area contributed by atoms with Gasteiger partial charge in [-0.15, -0.1) is 16.2 Å². The van der Waals surface area contributed by atoms with Crippen LogP contribution in [0.15, 0.2) is 40.8 Å². The molecule has 1 saturated heterocycles. The largest absolute Gasteiger partial charge is 0.416 e. The summed E-state index contributed by atoms with van der Waals surface area (Å²) in [5.41, 5.74) is -0.906. The van der Waals surface area contributed by atoms with E-state index in [1.165, 1.54) is 23.5 Å². The monoisotopic (exact) mass is 565 g/mol. The van der Waals surface area contributed by atoms with E-state index in [4.69, 9.17) is 9.57 Å². The summed E-state index contributed by atoms with van der Waals surface area (Å²) in [4.78, 5) is 37.6. The van der Waals surface area contributed by atoms with Gasteiger partial charge in [-0.25, -0.2) is 4.98 Å². The number of ether oxygens (including phenoxy) is 1. The topological polar surface area (TPSA) is 105 Å². The number of oxime groups is 1. The zero-order valence-electron chi connectivity index (χ0n) is 21.4. The van der Waals surface area contributed by atoms with Crippen molar-refractivity contribution in [3.63, 3.8) is 0 Å². The molecule has 3 aliphatic rings. The number of nitrogens with one attached hydrogen (secondary N) is 1. The summed E-state index contributed by atoms with van der Waals surface area (Å²) in [5, 5.41) is 11.3. The van der Waals surface area contributed by atoms with Crippen LogP contribution >= 0.6 is 11.3 Å². The second-order valence-corrected chi connectivity index (χ2v) is 11.4. The molecule has 2 aromatic rings. The molecule has 13 heteroatoms. The summed E-state index contributed by atoms with van der Waals surface area (Å²) in [5.74, 6) is -0.322. The van der Waals surface area contributed by atoms with Gasteiger partial charge in [0.1, 0.15) is 10.5 Å². The van der Waals surface area contributed by atoms with Gasteiger partial charge >= 0.3 is 6.18 Å². The Bertz CT molecular complexity index is 1230. The maximum atomic E-state index is 13.0. The van der Waals surface area contributed by atoms with Crippen LogP contribution in [0.3, 0.4) is 0 Å². The number of carbonyl (C=O) groups excluding carboxylic acids is 1. The number of nitrogens with zero attached hydrogens (tertiary/aromatic N) is 4. The fourth-order valence-electron chi connectivity index (χ4n) is 5.64. The minimum Gasteiger partial charge on any atom is -0.382 e. The summed E-state index contributed by atoms with van der Waals surface area (Å²) in [6.07, 6.45) is 0.242. The van der Waals surface area contributed by atoms with Crippen molar-refractivity contribution in [1.82, 2.24) is 15.2 Å². The van der Waals surface area contributed by atoms with Crippen LogP contribution in [-0.2, 0) is 32.7 Å². The summed E-state index contributed by atoms with van der Waals surface area (Å²) in [6.45, 7) is 1.92. The first-order chi connectivity index (χ1) is 18.7. The Labute approximate surface area is 227 Å². The number of carbonyl (C=O) groups is 1. The number of thiazole rings is 1. The van der Waals surface area contributed by atoms with Crippen LogP contribution in [0.4, 0.5) is 13.2 Å². The molecule has 39 heavy (non-hydrogen) atoms. The number of nitroso groups, excluding NO2 is 1. The Morgan fingerprint density at radius 1 is 1.31 bits per heavy atom. The third-order valence-corrected chi connectivity index (χ3v) is 8.97. The number of amides is 1. The van der Waals surface area contributed by atoms with Gasteiger partial charge in [-0.3, -0.25) is 9.69 Å². The highest BCUT2D eigenvalue weighted by Gasteiger charge is 2.43. The molecule has 9 nitrogen and oxygen atoms in total. The molecule has 1 aromatic heterocycles. The van der Waals surface area contributed by atoms with E-state index in [0.717, 1.165) is 47.8 Å². The third-order valence-electron chi connectivity index (χ3n) is 7.80. The van der Waals surface area contributed by atoms with Crippen molar-refractivity contribution >= 4 is 23.0 Å². The van der Waals surface area contributed by atoms with Crippen LogP contribution < -0.4 is 5.32 Å². The maximum absolute atomic E-state index is 13.0. The summed E-state index contributed by atoms with van der Waals surface area (Å²) in [7, 11) is 1.61. The summed E-state index contributed by atoms with van der Waals surface area (Å²) < 4.78 is 44.3. The lowest BCUT2D eigenvalue weighted by atomic mass is 9.79. The minimum atomic E-state index is -4.46. The maximum Gasteiger partial charge on any atom is 0.416 e. The van der Waals surface area contributed by atoms with E-state index in [0.29, 0.717) is 43.3 Å². The zero-order valence-corrected chi connectivity index (χ0v) is 22.3. The van der Waals surface area contributed by atoms with Gasteiger partial charge in [0.25, 0.3) is 5.91 Å². The lowest BCUT2D eigenvalue weighted by molar-refractivity contribution is -0.137. The molecule has 210 valence electrons. The number of likely N-dealkylation sites (tertiary alicyclic amines) is 1. The van der Waals surface area contributed by atoms with Crippen molar-refractivity contribution < 1.29 is 27.5 Å². The molecule has 2 atom stereocenters. The molecular formula is C26H30F3N5O4S. The molecule has 3 heterocycles. The SMILES string of the molecule is COCc1ncc(C2(N=O)CCC(N3CC[C@@H](NC(=O)C4CC(c5cccc(C(F)(F)F)c5)=NO4)C3)CC2)s1. The van der Waals surface area contributed by atoms with Crippen molar-refractivity contribution in [1.29, 1.82) is 0 Å². The first-order valence-electron chi connectivity index (χ1n) is 12.9. The Morgan fingerprint density at radius 2 is 2.10 bits per heavy atom. The fraction of sp³-hybridized carbons (Fsp3) is 0.577. The van der Waals surface area contributed by atoms with Crippen molar-refractivity contribution in [2.24, 2.45) is 10.3 Å². The normalized spacial score (nSPS) is 27.7. The molecule has 2 aliphatic heterocycles. The highest BCUT2D eigenvalue weighted by atomic mass is 32.1. The molecule has 1 unspecified atom stereocenters. The number of rotatable bonds is 8. The van der Waals surface area contributed by atoms with Crippen molar-refractivity contribution in [3.8, 4) is 0 Å². The van der Waals surface area contributed by atoms with Crippen molar-refractivity contribution in [3.05, 3.63) is 56.4 Å². The molecule has 0 spiro atoms. The number of aromatic nitrogens is 1. The van der Waals surface area contributed by atoms with Crippen LogP contribution in [-0.4, -0.2) is 59.9 Å². The van der Waals surface area contributed by atoms with Crippen LogP contribution in [0, 0.1) is 4.91 Å². The first kappa shape index (κ1) is 27.7. The molecule has 1 N–H and O–H groups in total. The molecule has 0 radical (unpaired) electrons. The summed E-state index contributed by atoms with van der Waals surface area (Å²) >= 11 is 1.48. The number of methoxy groups -OCH3 is 1. The lowest BCUT2D eigenvalue weighted by Crippen LogP contribution is -2.45. The number of hydrogen-bond donors (Lipinski definition) is 1. The average molecular weight is 566 g/mol. The van der Waals surface area contributed by atoms with Gasteiger partial charge in [0.15, 0.2) is 0 Å². The Balaban J connectivity index is 1.11. The molecule has 1 amide bonds. The summed E-state index contributed by atoms with van der Waals surface area (Å²) in [6, 6.07) is 5.09. The van der Waals surface area contributed by atoms with Gasteiger partial charge in [0, 0.05) is 50.5 Å². The smallest absolute Gasteiger partial charge is 0.382 e. The molecule has 5 rings (SSSR count). The van der Waals surface area contributed by atoms with Gasteiger partial charge in [-0.2, -0.15) is 13.2 Å². The van der Waals surface area contributed by atoms with Crippen LogP contribution in [0.5, 0.6) is 0 Å². The van der Waals surface area contributed by atoms with E-state index in [-0.39, 0.29) is 18.4 Å². The van der Waals surface area contributed by atoms with E-state index in [9.17, 15) is 22.9 Å². The average Bonchev–Trinajstić information content (AvgIpc) is 3.70. The highest BCUT2D eigenvalue weighted by Crippen LogP contribution is 2.44. The van der Waals surface area contributed by atoms with Crippen LogP contribution in [0.1, 0.15) is 59.5 Å². The number of hydrogen-bond acceptors (Lipinski definition) is 9. The predicted molar refractivity (Wildman–Crippen MR) is 138 cm³/mol. The molecule has 0 bridgehead atoms. The quantitative estimate of drug-likeness (QED) is 0.470. The van der Waals surface area contributed by atoms with Crippen molar-refractivity contribution in [2.75, 3.05) is 20.2 Å². The first-order valence-corrected chi connectivity index (χ1v) is 13.8. The number of alkyl halides is 3. The lowest BCUT2D eigenvalue weighted by Gasteiger charge is -2.38. The second kappa shape index (κ2) is 11.3. The number of benzene rings is 1. The third kappa shape index (κ3) is 5.99. The number of halogens is 3. The Hall–Kier alpha value is -2.90. The highest BCUT2D eigenvalue weighted by molar-refractivity contribution is 7.11. The van der Waals surface area contributed by atoms with Gasteiger partial charge in [0.2, 0.25) is 6.10 Å². The standard InChI is InChI=1S/C26H30F3N5O4S/c1-37-15-23-30-13-22(39-23)25(33-36)8-5-19(6-9-25)34-10-7-18(14-34)31-24(35)21-12-20(32-38-21)16-3-2-4-17(11-16)26(27,28)29/h2-4,11,13,18-19,21H,5-10,12,14-15H2,1H3,(H,31,35)/t18-,19?,21?,25?/m1/s1. The van der Waals surface area contributed by atoms with E-state index >= 15 is 0 Å². The molecule has 1 saturated carbocycles. The Morgan fingerprint density at radius 3 is 2.82 bits per heavy atom. The van der Waals surface area contributed by atoms with Gasteiger partial charge in [0.05, 0.1) is 22.8 Å². The van der Waals surface area contributed by atoms with E-state index in [2.05, 4.69) is 25.5 Å². The minimum absolute atomic E-state index is 0.0623. The van der Waals surface area contributed by atoms with Crippen LogP contribution in [0.2, 0.25) is 0 Å². The van der Waals surface area contributed by atoms with Gasteiger partial charge in [-0.05, 0) is 44.2 Å². The zero-order chi connectivity index (χ0) is 27.6.